The van der Waals surface area contributed by atoms with Gasteiger partial charge in [0.05, 0.1) is 12.7 Å². The van der Waals surface area contributed by atoms with Gasteiger partial charge < -0.3 is 20.1 Å². The predicted octanol–water partition coefficient (Wildman–Crippen LogP) is 0.618. The second-order valence-corrected chi connectivity index (χ2v) is 10.0. The van der Waals surface area contributed by atoms with E-state index in [0.717, 1.165) is 43.8 Å². The zero-order chi connectivity index (χ0) is 22.0. The first-order valence-electron chi connectivity index (χ1n) is 11.2. The second-order valence-electron chi connectivity index (χ2n) is 10.0. The van der Waals surface area contributed by atoms with Gasteiger partial charge in [-0.3, -0.25) is 15.0 Å². The maximum atomic E-state index is 12.9. The molecule has 0 aromatic heterocycles. The van der Waals surface area contributed by atoms with Crippen LogP contribution in [-0.2, 0) is 16.6 Å². The molecule has 168 valence electrons. The number of hydrogen-bond donors (Lipinski definition) is 3. The van der Waals surface area contributed by atoms with Crippen LogP contribution in [0.4, 0.5) is 4.79 Å². The molecule has 2 heterocycles. The van der Waals surface area contributed by atoms with E-state index >= 15 is 0 Å². The molecule has 3 fully saturated rings. The van der Waals surface area contributed by atoms with E-state index < -0.39 is 22.6 Å². The van der Waals surface area contributed by atoms with Gasteiger partial charge in [0.15, 0.2) is 0 Å². The van der Waals surface area contributed by atoms with Crippen LogP contribution in [0.3, 0.4) is 0 Å². The van der Waals surface area contributed by atoms with Crippen LogP contribution in [0.1, 0.15) is 36.8 Å². The van der Waals surface area contributed by atoms with E-state index in [1.54, 1.807) is 7.11 Å². The predicted molar refractivity (Wildman–Crippen MR) is 115 cm³/mol. The van der Waals surface area contributed by atoms with Gasteiger partial charge in [-0.05, 0) is 76.0 Å². The van der Waals surface area contributed by atoms with Crippen molar-refractivity contribution in [3.63, 3.8) is 0 Å². The minimum absolute atomic E-state index is 0.0142. The van der Waals surface area contributed by atoms with Crippen molar-refractivity contribution in [1.82, 2.24) is 20.4 Å². The number of fused-ring (bicyclic) bond motifs is 1. The first-order valence-corrected chi connectivity index (χ1v) is 11.2. The number of hydrogen-bond acceptors (Lipinski definition) is 6. The lowest BCUT2D eigenvalue weighted by molar-refractivity contribution is -0.180. The Morgan fingerprint density at radius 1 is 1.26 bits per heavy atom. The molecule has 2 aliphatic heterocycles. The fourth-order valence-corrected chi connectivity index (χ4v) is 6.68. The van der Waals surface area contributed by atoms with Crippen LogP contribution in [-0.4, -0.2) is 84.9 Å². The van der Waals surface area contributed by atoms with E-state index in [4.69, 9.17) is 4.74 Å². The van der Waals surface area contributed by atoms with Gasteiger partial charge in [-0.25, -0.2) is 4.79 Å². The largest absolute Gasteiger partial charge is 0.497 e. The molecule has 2 saturated heterocycles. The lowest BCUT2D eigenvalue weighted by Gasteiger charge is -2.65. The van der Waals surface area contributed by atoms with Gasteiger partial charge >= 0.3 is 6.03 Å². The van der Waals surface area contributed by atoms with E-state index in [1.165, 1.54) is 5.56 Å². The van der Waals surface area contributed by atoms with E-state index in [1.807, 2.05) is 12.1 Å². The molecular formula is C23H32N4O4. The van der Waals surface area contributed by atoms with Gasteiger partial charge in [-0.1, -0.05) is 6.07 Å². The number of methoxy groups -OCH3 is 1. The van der Waals surface area contributed by atoms with Crippen LogP contribution < -0.4 is 15.4 Å². The number of imide groups is 1. The summed E-state index contributed by atoms with van der Waals surface area (Å²) in [7, 11) is 5.78. The van der Waals surface area contributed by atoms with Crippen molar-refractivity contribution >= 4 is 11.9 Å². The number of carbonyl (C=O) groups excluding carboxylic acids is 2. The topological polar surface area (TPSA) is 94.1 Å². The molecule has 1 spiro atoms. The lowest BCUT2D eigenvalue weighted by atomic mass is 9.46. The molecule has 1 saturated carbocycles. The summed E-state index contributed by atoms with van der Waals surface area (Å²) in [6.45, 7) is 2.67. The number of piperidine rings is 1. The summed E-state index contributed by atoms with van der Waals surface area (Å²) in [6.07, 6.45) is 2.84. The number of ether oxygens (including phenoxy) is 1. The maximum absolute atomic E-state index is 12.9. The van der Waals surface area contributed by atoms with Crippen molar-refractivity contribution in [1.29, 1.82) is 0 Å². The standard InChI is InChI=1S/C23H32N4O4/c1-26(2)10-11-27-9-8-21-14-22(19(28)24-20(29)25-22)6-7-23(21,30)18(27)12-15-4-5-16(31-3)13-17(15)21/h4-5,13,18,30H,6-12,14H2,1-3H3,(H2,24,25,28,29). The van der Waals surface area contributed by atoms with Crippen molar-refractivity contribution in [2.75, 3.05) is 40.8 Å². The molecule has 4 unspecified atom stereocenters. The van der Waals surface area contributed by atoms with Crippen molar-refractivity contribution in [2.24, 2.45) is 0 Å². The lowest BCUT2D eigenvalue weighted by Crippen LogP contribution is -2.76. The normalized spacial score (nSPS) is 36.7. The number of carbonyl (C=O) groups is 2. The third kappa shape index (κ3) is 2.84. The van der Waals surface area contributed by atoms with Crippen LogP contribution in [0.25, 0.3) is 0 Å². The van der Waals surface area contributed by atoms with E-state index in [-0.39, 0.29) is 11.9 Å². The molecule has 4 aliphatic rings. The van der Waals surface area contributed by atoms with Crippen molar-refractivity contribution < 1.29 is 19.4 Å². The molecule has 2 aliphatic carbocycles. The summed E-state index contributed by atoms with van der Waals surface area (Å²) in [4.78, 5) is 29.5. The molecule has 2 bridgehead atoms. The number of benzene rings is 1. The molecule has 3 N–H and O–H groups in total. The van der Waals surface area contributed by atoms with E-state index in [0.29, 0.717) is 19.3 Å². The van der Waals surface area contributed by atoms with Gasteiger partial charge in [0.1, 0.15) is 11.3 Å². The van der Waals surface area contributed by atoms with Gasteiger partial charge in [0, 0.05) is 24.5 Å². The molecule has 8 heteroatoms. The maximum Gasteiger partial charge on any atom is 0.322 e. The number of likely N-dealkylation sites (N-methyl/N-ethyl adjacent to an activating group) is 1. The Balaban J connectivity index is 1.62. The van der Waals surface area contributed by atoms with Crippen LogP contribution in [0.15, 0.2) is 18.2 Å². The first kappa shape index (κ1) is 20.7. The first-order chi connectivity index (χ1) is 14.7. The molecule has 4 atom stereocenters. The van der Waals surface area contributed by atoms with Crippen molar-refractivity contribution in [3.05, 3.63) is 29.3 Å². The minimum atomic E-state index is -0.963. The molecule has 8 nitrogen and oxygen atoms in total. The highest BCUT2D eigenvalue weighted by molar-refractivity contribution is 6.07. The molecule has 5 rings (SSSR count). The Morgan fingerprint density at radius 2 is 2.06 bits per heavy atom. The van der Waals surface area contributed by atoms with Crippen LogP contribution >= 0.6 is 0 Å². The van der Waals surface area contributed by atoms with Gasteiger partial charge in [0.2, 0.25) is 0 Å². The van der Waals surface area contributed by atoms with E-state index in [9.17, 15) is 14.7 Å². The Kier molecular flexibility index (Phi) is 4.63. The van der Waals surface area contributed by atoms with Crippen molar-refractivity contribution in [2.45, 2.75) is 54.7 Å². The quantitative estimate of drug-likeness (QED) is 0.609. The summed E-state index contributed by atoms with van der Waals surface area (Å²) in [5, 5.41) is 17.7. The SMILES string of the molecule is COc1ccc2c(c1)C13CCN(CCN(C)C)C(C2)C1(O)CCC1(C3)NC(=O)NC1=O. The third-order valence-electron chi connectivity index (χ3n) is 8.28. The van der Waals surface area contributed by atoms with Gasteiger partial charge in [-0.2, -0.15) is 0 Å². The molecule has 0 radical (unpaired) electrons. The fraction of sp³-hybridized carbons (Fsp3) is 0.652. The smallest absolute Gasteiger partial charge is 0.322 e. The summed E-state index contributed by atoms with van der Waals surface area (Å²) >= 11 is 0. The molecule has 3 amide bonds. The highest BCUT2D eigenvalue weighted by atomic mass is 16.5. The average Bonchev–Trinajstić information content (AvgIpc) is 3.00. The number of urea groups is 1. The monoisotopic (exact) mass is 428 g/mol. The minimum Gasteiger partial charge on any atom is -0.497 e. The third-order valence-corrected chi connectivity index (χ3v) is 8.28. The number of likely N-dealkylation sites (tertiary alicyclic amines) is 1. The number of aliphatic hydroxyl groups is 1. The molecule has 1 aromatic rings. The number of amides is 3. The molecule has 1 aromatic carbocycles. The second kappa shape index (κ2) is 6.92. The summed E-state index contributed by atoms with van der Waals surface area (Å²) < 4.78 is 5.52. The Bertz CT molecular complexity index is 936. The summed E-state index contributed by atoms with van der Waals surface area (Å²) in [6, 6.07) is 5.67. The van der Waals surface area contributed by atoms with E-state index in [2.05, 4.69) is 40.6 Å². The van der Waals surface area contributed by atoms with Gasteiger partial charge in [-0.15, -0.1) is 0 Å². The average molecular weight is 429 g/mol. The fourth-order valence-electron chi connectivity index (χ4n) is 6.68. The number of nitrogens with one attached hydrogen (secondary N) is 2. The van der Waals surface area contributed by atoms with Crippen LogP contribution in [0.5, 0.6) is 5.75 Å². The Hall–Kier alpha value is -2.16. The van der Waals surface area contributed by atoms with Crippen molar-refractivity contribution in [3.8, 4) is 5.75 Å². The molecular weight excluding hydrogens is 396 g/mol. The highest BCUT2D eigenvalue weighted by Gasteiger charge is 2.69. The van der Waals surface area contributed by atoms with Gasteiger partial charge in [0.25, 0.3) is 5.91 Å². The Labute approximate surface area is 182 Å². The summed E-state index contributed by atoms with van der Waals surface area (Å²) in [5.41, 5.74) is -0.257. The highest BCUT2D eigenvalue weighted by Crippen LogP contribution is 2.60. The molecule has 31 heavy (non-hydrogen) atoms. The Morgan fingerprint density at radius 3 is 2.74 bits per heavy atom. The van der Waals surface area contributed by atoms with Crippen LogP contribution in [0.2, 0.25) is 0 Å². The zero-order valence-corrected chi connectivity index (χ0v) is 18.5. The number of rotatable bonds is 4. The zero-order valence-electron chi connectivity index (χ0n) is 18.5. The number of nitrogens with zero attached hydrogens (tertiary/aromatic N) is 2. The van der Waals surface area contributed by atoms with Crippen LogP contribution in [0, 0.1) is 0 Å². The summed E-state index contributed by atoms with van der Waals surface area (Å²) in [5.74, 6) is 0.485.